The van der Waals surface area contributed by atoms with Crippen molar-refractivity contribution in [3.05, 3.63) is 48.4 Å². The number of amides is 1. The first kappa shape index (κ1) is 16.3. The van der Waals surface area contributed by atoms with Crippen molar-refractivity contribution in [2.75, 3.05) is 30.5 Å². The third-order valence-electron chi connectivity index (χ3n) is 4.62. The molecule has 0 unspecified atom stereocenters. The molecule has 1 saturated heterocycles. The Bertz CT molecular complexity index is 1150. The highest BCUT2D eigenvalue weighted by atomic mass is 16.6. The van der Waals surface area contributed by atoms with Gasteiger partial charge in [0.15, 0.2) is 11.6 Å². The van der Waals surface area contributed by atoms with E-state index < -0.39 is 0 Å². The Morgan fingerprint density at radius 2 is 2.21 bits per heavy atom. The lowest BCUT2D eigenvalue weighted by Gasteiger charge is -2.17. The lowest BCUT2D eigenvalue weighted by molar-refractivity contribution is 0.181. The van der Waals surface area contributed by atoms with E-state index in [0.717, 1.165) is 5.57 Å². The number of H-pyrrole nitrogens is 1. The summed E-state index contributed by atoms with van der Waals surface area (Å²) in [5.74, 6) is 1.78. The molecular weight excluding hydrogens is 360 g/mol. The SMILES string of the molecule is COc1cc(N2CCOC2=O)ccc1Nc1nc(C2=CC=C2)nc2cn[nH]c12. The summed E-state index contributed by atoms with van der Waals surface area (Å²) in [7, 11) is 1.58. The van der Waals surface area contributed by atoms with Crippen molar-refractivity contribution in [1.29, 1.82) is 0 Å². The van der Waals surface area contributed by atoms with Crippen molar-refractivity contribution in [1.82, 2.24) is 20.2 Å². The van der Waals surface area contributed by atoms with Gasteiger partial charge in [-0.05, 0) is 12.1 Å². The molecule has 1 aliphatic heterocycles. The minimum atomic E-state index is -0.357. The van der Waals surface area contributed by atoms with Crippen LogP contribution in [0.4, 0.5) is 22.0 Å². The van der Waals surface area contributed by atoms with Gasteiger partial charge in [0, 0.05) is 11.6 Å². The smallest absolute Gasteiger partial charge is 0.414 e. The molecule has 1 amide bonds. The summed E-state index contributed by atoms with van der Waals surface area (Å²) in [6, 6.07) is 5.46. The maximum absolute atomic E-state index is 11.8. The number of rotatable bonds is 5. The Morgan fingerprint density at radius 3 is 2.93 bits per heavy atom. The fraction of sp³-hybridized carbons (Fsp3) is 0.158. The lowest BCUT2D eigenvalue weighted by atomic mass is 10.1. The number of ether oxygens (including phenoxy) is 2. The first-order chi connectivity index (χ1) is 13.7. The van der Waals surface area contributed by atoms with Gasteiger partial charge in [0.25, 0.3) is 0 Å². The third kappa shape index (κ3) is 2.64. The normalized spacial score (nSPS) is 15.4. The summed E-state index contributed by atoms with van der Waals surface area (Å²) in [5.41, 5.74) is 3.79. The average molecular weight is 376 g/mol. The van der Waals surface area contributed by atoms with Gasteiger partial charge in [0.2, 0.25) is 0 Å². The second-order valence-electron chi connectivity index (χ2n) is 6.28. The Kier molecular flexibility index (Phi) is 3.71. The Balaban J connectivity index is 1.52. The summed E-state index contributed by atoms with van der Waals surface area (Å²) in [6.07, 6.45) is 7.15. The van der Waals surface area contributed by atoms with Crippen LogP contribution in [-0.2, 0) is 4.74 Å². The van der Waals surface area contributed by atoms with Crippen molar-refractivity contribution in [3.8, 4) is 5.75 Å². The number of hydrogen-bond acceptors (Lipinski definition) is 7. The van der Waals surface area contributed by atoms with Crippen LogP contribution in [0.3, 0.4) is 0 Å². The topological polar surface area (TPSA) is 105 Å². The van der Waals surface area contributed by atoms with Crippen molar-refractivity contribution in [3.63, 3.8) is 0 Å². The van der Waals surface area contributed by atoms with Gasteiger partial charge in [-0.2, -0.15) is 5.10 Å². The molecular formula is C19H16N6O3. The Hall–Kier alpha value is -3.88. The number of cyclic esters (lactones) is 1. The van der Waals surface area contributed by atoms with E-state index in [1.807, 2.05) is 30.4 Å². The van der Waals surface area contributed by atoms with Crippen LogP contribution in [0.5, 0.6) is 5.75 Å². The molecule has 0 radical (unpaired) electrons. The molecule has 9 heteroatoms. The summed E-state index contributed by atoms with van der Waals surface area (Å²) >= 11 is 0. The minimum Gasteiger partial charge on any atom is -0.494 e. The van der Waals surface area contributed by atoms with Crippen molar-refractivity contribution >= 4 is 39.9 Å². The molecule has 0 atom stereocenters. The number of fused-ring (bicyclic) bond motifs is 1. The van der Waals surface area contributed by atoms with Crippen LogP contribution >= 0.6 is 0 Å². The number of benzene rings is 1. The molecule has 0 bridgehead atoms. The maximum atomic E-state index is 11.8. The molecule has 5 rings (SSSR count). The monoisotopic (exact) mass is 376 g/mol. The number of aromatic nitrogens is 4. The average Bonchev–Trinajstić information content (AvgIpc) is 3.29. The van der Waals surface area contributed by atoms with Gasteiger partial charge in [-0.25, -0.2) is 14.8 Å². The third-order valence-corrected chi connectivity index (χ3v) is 4.62. The number of aromatic amines is 1. The van der Waals surface area contributed by atoms with E-state index >= 15 is 0 Å². The number of hydrogen-bond donors (Lipinski definition) is 2. The van der Waals surface area contributed by atoms with E-state index in [0.29, 0.717) is 53.0 Å². The van der Waals surface area contributed by atoms with Crippen LogP contribution in [0.2, 0.25) is 0 Å². The number of allylic oxidation sites excluding steroid dienone is 4. The number of nitrogens with zero attached hydrogens (tertiary/aromatic N) is 4. The van der Waals surface area contributed by atoms with Crippen molar-refractivity contribution in [2.45, 2.75) is 0 Å². The summed E-state index contributed by atoms with van der Waals surface area (Å²) < 4.78 is 10.5. The number of anilines is 3. The van der Waals surface area contributed by atoms with Gasteiger partial charge in [0.05, 0.1) is 31.2 Å². The minimum absolute atomic E-state index is 0.357. The van der Waals surface area contributed by atoms with Gasteiger partial charge in [-0.3, -0.25) is 10.00 Å². The molecule has 0 spiro atoms. The standard InChI is InChI=1S/C19H16N6O3/c1-27-15-9-12(25-7-8-28-19(25)26)5-6-13(15)21-18-16-14(10-20-24-16)22-17(23-18)11-3-2-4-11/h2-6,9-10H,7-8H2,1H3,(H,20,24)(H,21,22,23). The van der Waals surface area contributed by atoms with Gasteiger partial charge in [0.1, 0.15) is 23.4 Å². The van der Waals surface area contributed by atoms with E-state index in [4.69, 9.17) is 9.47 Å². The van der Waals surface area contributed by atoms with Crippen LogP contribution in [0.1, 0.15) is 5.82 Å². The van der Waals surface area contributed by atoms with Gasteiger partial charge in [-0.1, -0.05) is 18.2 Å². The first-order valence-electron chi connectivity index (χ1n) is 8.72. The fourth-order valence-electron chi connectivity index (χ4n) is 3.11. The zero-order chi connectivity index (χ0) is 19.1. The van der Waals surface area contributed by atoms with Crippen LogP contribution in [0, 0.1) is 0 Å². The number of carbonyl (C=O) groups excluding carboxylic acids is 1. The van der Waals surface area contributed by atoms with Crippen molar-refractivity contribution < 1.29 is 14.3 Å². The molecule has 0 saturated carbocycles. The number of methoxy groups -OCH3 is 1. The molecule has 2 aliphatic rings. The van der Waals surface area contributed by atoms with Crippen LogP contribution in [0.25, 0.3) is 16.6 Å². The van der Waals surface area contributed by atoms with Gasteiger partial charge in [-0.15, -0.1) is 0 Å². The van der Waals surface area contributed by atoms with Crippen LogP contribution in [0.15, 0.2) is 42.6 Å². The van der Waals surface area contributed by atoms with E-state index in [1.165, 1.54) is 0 Å². The quantitative estimate of drug-likeness (QED) is 0.705. The van der Waals surface area contributed by atoms with E-state index in [1.54, 1.807) is 24.3 Å². The predicted molar refractivity (Wildman–Crippen MR) is 104 cm³/mol. The molecule has 2 N–H and O–H groups in total. The fourth-order valence-corrected chi connectivity index (χ4v) is 3.11. The molecule has 28 heavy (non-hydrogen) atoms. The molecule has 1 aliphatic carbocycles. The largest absolute Gasteiger partial charge is 0.494 e. The molecule has 9 nitrogen and oxygen atoms in total. The molecule has 2 aromatic heterocycles. The van der Waals surface area contributed by atoms with E-state index in [2.05, 4.69) is 25.5 Å². The molecule has 1 aromatic carbocycles. The molecule has 1 fully saturated rings. The Morgan fingerprint density at radius 1 is 1.32 bits per heavy atom. The molecule has 3 heterocycles. The second-order valence-corrected chi connectivity index (χ2v) is 6.28. The summed E-state index contributed by atoms with van der Waals surface area (Å²) in [5, 5.41) is 10.3. The first-order valence-corrected chi connectivity index (χ1v) is 8.72. The second kappa shape index (κ2) is 6.38. The van der Waals surface area contributed by atoms with Gasteiger partial charge < -0.3 is 14.8 Å². The zero-order valence-electron chi connectivity index (χ0n) is 15.0. The molecule has 140 valence electrons. The van der Waals surface area contributed by atoms with Crippen molar-refractivity contribution in [2.24, 2.45) is 0 Å². The zero-order valence-corrected chi connectivity index (χ0v) is 15.0. The van der Waals surface area contributed by atoms with Crippen LogP contribution < -0.4 is 15.0 Å². The molecule has 3 aromatic rings. The van der Waals surface area contributed by atoms with Gasteiger partial charge >= 0.3 is 6.09 Å². The number of nitrogens with one attached hydrogen (secondary N) is 2. The summed E-state index contributed by atoms with van der Waals surface area (Å²) in [4.78, 5) is 22.5. The Labute approximate surface area is 159 Å². The number of carbonyl (C=O) groups is 1. The highest BCUT2D eigenvalue weighted by molar-refractivity contribution is 5.92. The van der Waals surface area contributed by atoms with E-state index in [-0.39, 0.29) is 6.09 Å². The predicted octanol–water partition coefficient (Wildman–Crippen LogP) is 3.01. The highest BCUT2D eigenvalue weighted by Gasteiger charge is 2.24. The summed E-state index contributed by atoms with van der Waals surface area (Å²) in [6.45, 7) is 0.897. The highest BCUT2D eigenvalue weighted by Crippen LogP contribution is 2.34. The maximum Gasteiger partial charge on any atom is 0.414 e. The lowest BCUT2D eigenvalue weighted by Crippen LogP contribution is -2.23. The van der Waals surface area contributed by atoms with E-state index in [9.17, 15) is 4.79 Å². The van der Waals surface area contributed by atoms with Crippen LogP contribution in [-0.4, -0.2) is 46.5 Å².